The molecule has 0 saturated heterocycles. The molecule has 0 aliphatic heterocycles. The second kappa shape index (κ2) is 7.37. The van der Waals surface area contributed by atoms with Crippen molar-refractivity contribution in [3.05, 3.63) is 41.7 Å². The average Bonchev–Trinajstić information content (AvgIpc) is 2.36. The van der Waals surface area contributed by atoms with Gasteiger partial charge in [-0.1, -0.05) is 19.4 Å². The quantitative estimate of drug-likeness (QED) is 0.482. The lowest BCUT2D eigenvalue weighted by molar-refractivity contribution is -0.671. The summed E-state index contributed by atoms with van der Waals surface area (Å²) in [4.78, 5) is 11.7. The summed E-state index contributed by atoms with van der Waals surface area (Å²) in [6.45, 7) is 4.09. The van der Waals surface area contributed by atoms with E-state index >= 15 is 0 Å². The Morgan fingerprint density at radius 2 is 2.33 bits per heavy atom. The number of rotatable bonds is 5. The van der Waals surface area contributed by atoms with Crippen LogP contribution in [0.4, 0.5) is 0 Å². The number of carbonyl (C=O) groups is 1. The van der Waals surface area contributed by atoms with Crippen molar-refractivity contribution < 1.29 is 9.36 Å². The van der Waals surface area contributed by atoms with E-state index in [9.17, 15) is 4.79 Å². The van der Waals surface area contributed by atoms with Gasteiger partial charge in [0.15, 0.2) is 12.4 Å². The van der Waals surface area contributed by atoms with Crippen molar-refractivity contribution in [1.29, 1.82) is 0 Å². The summed E-state index contributed by atoms with van der Waals surface area (Å²) in [5, 5.41) is 3.93. The number of nitrogens with one attached hydrogen (secondary N) is 1. The molecule has 4 nitrogen and oxygen atoms in total. The van der Waals surface area contributed by atoms with Crippen molar-refractivity contribution in [1.82, 2.24) is 5.43 Å². The van der Waals surface area contributed by atoms with Crippen molar-refractivity contribution in [2.45, 2.75) is 26.7 Å². The Balaban J connectivity index is 2.54. The maximum absolute atomic E-state index is 11.7. The van der Waals surface area contributed by atoms with Gasteiger partial charge in [0.2, 0.25) is 0 Å². The molecule has 0 unspecified atom stereocenters. The predicted molar refractivity (Wildman–Crippen MR) is 72.2 cm³/mol. The molecule has 96 valence electrons. The van der Waals surface area contributed by atoms with Crippen LogP contribution in [0.1, 0.15) is 37.0 Å². The minimum atomic E-state index is -0.203. The zero-order valence-electron chi connectivity index (χ0n) is 11.2. The summed E-state index contributed by atoms with van der Waals surface area (Å²) in [7, 11) is 1.87. The number of nitrogens with zero attached hydrogens (tertiary/aromatic N) is 2. The predicted octanol–water partition coefficient (Wildman–Crippen LogP) is 1.97. The van der Waals surface area contributed by atoms with Gasteiger partial charge in [-0.2, -0.15) is 5.10 Å². The number of hydrazone groups is 1. The van der Waals surface area contributed by atoms with Crippen LogP contribution in [0.3, 0.4) is 0 Å². The van der Waals surface area contributed by atoms with Crippen molar-refractivity contribution in [2.24, 2.45) is 12.1 Å². The molecule has 0 aromatic carbocycles. The second-order valence-electron chi connectivity index (χ2n) is 4.19. The lowest BCUT2D eigenvalue weighted by Gasteiger charge is -1.98. The fourth-order valence-electron chi connectivity index (χ4n) is 1.40. The van der Waals surface area contributed by atoms with Gasteiger partial charge < -0.3 is 0 Å². The van der Waals surface area contributed by atoms with Gasteiger partial charge in [0, 0.05) is 12.3 Å². The molecule has 0 saturated carbocycles. The molecule has 4 heteroatoms. The van der Waals surface area contributed by atoms with Gasteiger partial charge >= 0.3 is 0 Å². The first kappa shape index (κ1) is 14.1. The minimum Gasteiger partial charge on any atom is -0.267 e. The lowest BCUT2D eigenvalue weighted by atomic mass is 10.2. The molecule has 1 amide bonds. The van der Waals surface area contributed by atoms with Gasteiger partial charge in [0.05, 0.1) is 0 Å². The van der Waals surface area contributed by atoms with Crippen molar-refractivity contribution in [2.75, 3.05) is 0 Å². The van der Waals surface area contributed by atoms with Crippen molar-refractivity contribution in [3.8, 4) is 0 Å². The van der Waals surface area contributed by atoms with Gasteiger partial charge in [-0.05, 0) is 25.0 Å². The molecule has 1 rings (SSSR count). The SMILES string of the molecule is CCCC=C(C)C=NNC(=O)c1ccc[n+](C)c1. The van der Waals surface area contributed by atoms with E-state index < -0.39 is 0 Å². The summed E-state index contributed by atoms with van der Waals surface area (Å²) in [6.07, 6.45) is 9.52. The van der Waals surface area contributed by atoms with E-state index in [0.29, 0.717) is 5.56 Å². The van der Waals surface area contributed by atoms with E-state index in [2.05, 4.69) is 23.5 Å². The molecular formula is C14H20N3O+. The normalized spacial score (nSPS) is 11.8. The summed E-state index contributed by atoms with van der Waals surface area (Å²) >= 11 is 0. The number of pyridine rings is 1. The maximum Gasteiger partial charge on any atom is 0.277 e. The Hall–Kier alpha value is -1.97. The smallest absolute Gasteiger partial charge is 0.267 e. The first-order valence-electron chi connectivity index (χ1n) is 6.09. The highest BCUT2D eigenvalue weighted by molar-refractivity contribution is 5.94. The number of hydrogen-bond donors (Lipinski definition) is 1. The molecule has 0 bridgehead atoms. The molecule has 0 aliphatic carbocycles. The van der Waals surface area contributed by atoms with Crippen LogP contribution >= 0.6 is 0 Å². The summed E-state index contributed by atoms with van der Waals surface area (Å²) in [5.74, 6) is -0.203. The standard InChI is InChI=1S/C14H19N3O/c1-4-5-7-12(2)10-15-16-14(18)13-8-6-9-17(3)11-13/h6-11H,4-5H2,1-3H3/p+1. The molecule has 1 N–H and O–H groups in total. The molecular weight excluding hydrogens is 226 g/mol. The molecule has 0 atom stereocenters. The number of allylic oxidation sites excluding steroid dienone is 2. The van der Waals surface area contributed by atoms with Crippen LogP contribution in [-0.2, 0) is 7.05 Å². The van der Waals surface area contributed by atoms with Crippen molar-refractivity contribution >= 4 is 12.1 Å². The molecule has 0 radical (unpaired) electrons. The Kier molecular flexibility index (Phi) is 5.77. The number of amides is 1. The topological polar surface area (TPSA) is 45.3 Å². The molecule has 0 spiro atoms. The van der Waals surface area contributed by atoms with Crippen LogP contribution in [0, 0.1) is 0 Å². The molecule has 1 aromatic rings. The van der Waals surface area contributed by atoms with Gasteiger partial charge in [-0.25, -0.2) is 9.99 Å². The van der Waals surface area contributed by atoms with Crippen molar-refractivity contribution in [3.63, 3.8) is 0 Å². The zero-order valence-corrected chi connectivity index (χ0v) is 11.2. The maximum atomic E-state index is 11.7. The largest absolute Gasteiger partial charge is 0.277 e. The third-order valence-electron chi connectivity index (χ3n) is 2.39. The number of aryl methyl sites for hydroxylation is 1. The summed E-state index contributed by atoms with van der Waals surface area (Å²) in [6, 6.07) is 3.58. The molecule has 1 heterocycles. The van der Waals surface area contributed by atoms with E-state index in [0.717, 1.165) is 18.4 Å². The van der Waals surface area contributed by atoms with Gasteiger partial charge in [-0.15, -0.1) is 0 Å². The van der Waals surface area contributed by atoms with Crippen LogP contribution in [0.15, 0.2) is 41.3 Å². The Morgan fingerprint density at radius 3 is 3.00 bits per heavy atom. The first-order valence-corrected chi connectivity index (χ1v) is 6.09. The Bertz CT molecular complexity index is 464. The van der Waals surface area contributed by atoms with Crippen LogP contribution in [0.5, 0.6) is 0 Å². The van der Waals surface area contributed by atoms with Gasteiger partial charge in [0.25, 0.3) is 5.91 Å². The molecule has 18 heavy (non-hydrogen) atoms. The van der Waals surface area contributed by atoms with Gasteiger partial charge in [0.1, 0.15) is 12.6 Å². The highest BCUT2D eigenvalue weighted by atomic mass is 16.2. The zero-order chi connectivity index (χ0) is 13.4. The fourth-order valence-corrected chi connectivity index (χ4v) is 1.40. The monoisotopic (exact) mass is 246 g/mol. The minimum absolute atomic E-state index is 0.203. The van der Waals surface area contributed by atoms with E-state index in [4.69, 9.17) is 0 Å². The van der Waals surface area contributed by atoms with E-state index in [1.807, 2.05) is 30.8 Å². The third-order valence-corrected chi connectivity index (χ3v) is 2.39. The third kappa shape index (κ3) is 4.91. The van der Waals surface area contributed by atoms with Crippen LogP contribution in [0.2, 0.25) is 0 Å². The van der Waals surface area contributed by atoms with E-state index in [1.165, 1.54) is 0 Å². The summed E-state index contributed by atoms with van der Waals surface area (Å²) < 4.78 is 1.82. The highest BCUT2D eigenvalue weighted by Gasteiger charge is 2.07. The van der Waals surface area contributed by atoms with E-state index in [-0.39, 0.29) is 5.91 Å². The van der Waals surface area contributed by atoms with E-state index in [1.54, 1.807) is 18.5 Å². The van der Waals surface area contributed by atoms with Crippen LogP contribution in [0.25, 0.3) is 0 Å². The lowest BCUT2D eigenvalue weighted by Crippen LogP contribution is -2.29. The Labute approximate surface area is 108 Å². The van der Waals surface area contributed by atoms with Crippen LogP contribution < -0.4 is 9.99 Å². The second-order valence-corrected chi connectivity index (χ2v) is 4.19. The molecule has 1 aromatic heterocycles. The number of carbonyl (C=O) groups excluding carboxylic acids is 1. The number of aromatic nitrogens is 1. The highest BCUT2D eigenvalue weighted by Crippen LogP contribution is 1.96. The first-order chi connectivity index (χ1) is 8.63. The number of hydrogen-bond acceptors (Lipinski definition) is 2. The van der Waals surface area contributed by atoms with Gasteiger partial charge in [-0.3, -0.25) is 4.79 Å². The summed E-state index contributed by atoms with van der Waals surface area (Å²) in [5.41, 5.74) is 4.15. The van der Waals surface area contributed by atoms with Crippen LogP contribution in [-0.4, -0.2) is 12.1 Å². The number of unbranched alkanes of at least 4 members (excludes halogenated alkanes) is 1. The Morgan fingerprint density at radius 1 is 1.56 bits per heavy atom. The average molecular weight is 246 g/mol. The molecule has 0 aliphatic rings. The fraction of sp³-hybridized carbons (Fsp3) is 0.357. The molecule has 0 fully saturated rings.